The van der Waals surface area contributed by atoms with Gasteiger partial charge < -0.3 is 9.79 Å². The van der Waals surface area contributed by atoms with Crippen molar-refractivity contribution in [3.05, 3.63) is 0 Å². The van der Waals surface area contributed by atoms with Crippen LogP contribution in [-0.4, -0.2) is 28.7 Å². The van der Waals surface area contributed by atoms with Gasteiger partial charge in [0.2, 0.25) is 0 Å². The molecule has 0 radical (unpaired) electrons. The van der Waals surface area contributed by atoms with Gasteiger partial charge in [0.25, 0.3) is 0 Å². The second-order valence-electron chi connectivity index (χ2n) is 4.68. The van der Waals surface area contributed by atoms with Gasteiger partial charge in [-0.3, -0.25) is 4.52 Å². The molecule has 21 heavy (non-hydrogen) atoms. The third-order valence-corrected chi connectivity index (χ3v) is 3.08. The largest absolute Gasteiger partial charge is 0.469 e. The Morgan fingerprint density at radius 2 is 1.38 bits per heavy atom. The number of alkyl halides is 6. The standard InChI is InChI=1S/C10H17F6O4P/c11-9(12,13)6-8(7-10(14,15)16)4-2-1-3-5-20-21(17,18)19/h8H,1-7H2,(H2,17,18,19). The Morgan fingerprint density at radius 3 is 1.76 bits per heavy atom. The summed E-state index contributed by atoms with van der Waals surface area (Å²) < 4.78 is 87.4. The van der Waals surface area contributed by atoms with Crippen LogP contribution < -0.4 is 0 Å². The minimum absolute atomic E-state index is 0.0986. The molecule has 0 atom stereocenters. The highest BCUT2D eigenvalue weighted by Crippen LogP contribution is 2.37. The quantitative estimate of drug-likeness (QED) is 0.373. The van der Waals surface area contributed by atoms with E-state index in [2.05, 4.69) is 4.52 Å². The van der Waals surface area contributed by atoms with E-state index in [4.69, 9.17) is 9.79 Å². The average Bonchev–Trinajstić information content (AvgIpc) is 2.16. The van der Waals surface area contributed by atoms with Gasteiger partial charge in [-0.15, -0.1) is 0 Å². The van der Waals surface area contributed by atoms with Gasteiger partial charge in [-0.1, -0.05) is 12.8 Å². The summed E-state index contributed by atoms with van der Waals surface area (Å²) in [7, 11) is -4.59. The van der Waals surface area contributed by atoms with Crippen LogP contribution in [0.1, 0.15) is 38.5 Å². The molecule has 2 N–H and O–H groups in total. The van der Waals surface area contributed by atoms with Crippen molar-refractivity contribution in [1.82, 2.24) is 0 Å². The van der Waals surface area contributed by atoms with E-state index in [1.807, 2.05) is 0 Å². The summed E-state index contributed by atoms with van der Waals surface area (Å²) >= 11 is 0. The fraction of sp³-hybridized carbons (Fsp3) is 1.00. The number of hydrogen-bond acceptors (Lipinski definition) is 2. The van der Waals surface area contributed by atoms with Gasteiger partial charge in [-0.05, 0) is 18.8 Å². The lowest BCUT2D eigenvalue weighted by atomic mass is 9.94. The van der Waals surface area contributed by atoms with Gasteiger partial charge >= 0.3 is 20.2 Å². The summed E-state index contributed by atoms with van der Waals surface area (Å²) in [5.74, 6) is -1.53. The van der Waals surface area contributed by atoms with E-state index in [0.717, 1.165) is 0 Å². The van der Waals surface area contributed by atoms with Gasteiger partial charge in [0.15, 0.2) is 0 Å². The van der Waals surface area contributed by atoms with Crippen molar-refractivity contribution in [1.29, 1.82) is 0 Å². The molecule has 11 heteroatoms. The number of phosphoric acid groups is 1. The lowest BCUT2D eigenvalue weighted by Crippen LogP contribution is -2.21. The second-order valence-corrected chi connectivity index (χ2v) is 5.92. The van der Waals surface area contributed by atoms with Crippen LogP contribution in [0.5, 0.6) is 0 Å². The Bertz CT molecular complexity index is 321. The first-order chi connectivity index (χ1) is 9.29. The van der Waals surface area contributed by atoms with Crippen LogP contribution in [0, 0.1) is 5.92 Å². The van der Waals surface area contributed by atoms with E-state index in [1.54, 1.807) is 0 Å². The summed E-state index contributed by atoms with van der Waals surface area (Å²) in [6, 6.07) is 0. The predicted molar refractivity (Wildman–Crippen MR) is 61.3 cm³/mol. The molecule has 0 saturated carbocycles. The van der Waals surface area contributed by atoms with Crippen molar-refractivity contribution in [2.45, 2.75) is 50.9 Å². The van der Waals surface area contributed by atoms with E-state index in [-0.39, 0.29) is 32.3 Å². The maximum Gasteiger partial charge on any atom is 0.469 e. The molecule has 0 aliphatic carbocycles. The Balaban J connectivity index is 4.04. The third-order valence-electron chi connectivity index (χ3n) is 2.56. The van der Waals surface area contributed by atoms with E-state index >= 15 is 0 Å². The summed E-state index contributed by atoms with van der Waals surface area (Å²) in [4.78, 5) is 16.7. The molecule has 0 saturated heterocycles. The molecule has 0 aromatic rings. The molecule has 0 unspecified atom stereocenters. The van der Waals surface area contributed by atoms with Crippen LogP contribution in [0.4, 0.5) is 26.3 Å². The SMILES string of the molecule is O=P(O)(O)OCCCCCC(CC(F)(F)F)CC(F)(F)F. The maximum absolute atomic E-state index is 12.2. The Kier molecular flexibility index (Phi) is 8.23. The number of hydrogen-bond donors (Lipinski definition) is 2. The zero-order valence-corrected chi connectivity index (χ0v) is 11.8. The molecule has 0 aromatic heterocycles. The minimum atomic E-state index is -4.65. The van der Waals surface area contributed by atoms with E-state index < -0.39 is 38.9 Å². The smallest absolute Gasteiger partial charge is 0.303 e. The number of halogens is 6. The highest BCUT2D eigenvalue weighted by atomic mass is 31.2. The molecule has 4 nitrogen and oxygen atoms in total. The van der Waals surface area contributed by atoms with Crippen LogP contribution in [0.25, 0.3) is 0 Å². The summed E-state index contributed by atoms with van der Waals surface area (Å²) in [5.41, 5.74) is 0. The molecule has 0 rings (SSSR count). The lowest BCUT2D eigenvalue weighted by molar-refractivity contribution is -0.173. The molecule has 0 heterocycles. The van der Waals surface area contributed by atoms with Gasteiger partial charge in [0.05, 0.1) is 6.61 Å². The van der Waals surface area contributed by atoms with Gasteiger partial charge in [-0.2, -0.15) is 26.3 Å². The number of rotatable bonds is 9. The highest BCUT2D eigenvalue weighted by Gasteiger charge is 2.38. The van der Waals surface area contributed by atoms with E-state index in [0.29, 0.717) is 0 Å². The van der Waals surface area contributed by atoms with Gasteiger partial charge in [0.1, 0.15) is 0 Å². The van der Waals surface area contributed by atoms with E-state index in [9.17, 15) is 30.9 Å². The first-order valence-electron chi connectivity index (χ1n) is 6.12. The first kappa shape index (κ1) is 20.7. The molecular formula is C10H17F6O4P. The van der Waals surface area contributed by atoms with Crippen molar-refractivity contribution in [3.63, 3.8) is 0 Å². The number of phosphoric ester groups is 1. The van der Waals surface area contributed by atoms with Crippen molar-refractivity contribution in [2.75, 3.05) is 6.61 Å². The Hall–Kier alpha value is -0.310. The highest BCUT2D eigenvalue weighted by molar-refractivity contribution is 7.46. The monoisotopic (exact) mass is 346 g/mol. The average molecular weight is 346 g/mol. The Morgan fingerprint density at radius 1 is 0.905 bits per heavy atom. The molecule has 0 aromatic carbocycles. The van der Waals surface area contributed by atoms with Gasteiger partial charge in [-0.25, -0.2) is 4.57 Å². The zero-order chi connectivity index (χ0) is 16.7. The molecule has 128 valence electrons. The van der Waals surface area contributed by atoms with Crippen molar-refractivity contribution >= 4 is 7.82 Å². The fourth-order valence-electron chi connectivity index (χ4n) is 1.83. The predicted octanol–water partition coefficient (Wildman–Crippen LogP) is 4.18. The zero-order valence-electron chi connectivity index (χ0n) is 11.0. The third kappa shape index (κ3) is 15.9. The normalized spacial score (nSPS) is 14.0. The lowest BCUT2D eigenvalue weighted by Gasteiger charge is -2.20. The Labute approximate surface area is 117 Å². The summed E-state index contributed by atoms with van der Waals surface area (Å²) in [5, 5.41) is 0. The summed E-state index contributed by atoms with van der Waals surface area (Å²) in [6.45, 7) is -0.298. The molecule has 0 spiro atoms. The molecule has 0 aliphatic heterocycles. The second kappa shape index (κ2) is 8.36. The van der Waals surface area contributed by atoms with Crippen LogP contribution in [0.15, 0.2) is 0 Å². The molecular weight excluding hydrogens is 329 g/mol. The van der Waals surface area contributed by atoms with Crippen LogP contribution in [0.3, 0.4) is 0 Å². The first-order valence-corrected chi connectivity index (χ1v) is 7.65. The summed E-state index contributed by atoms with van der Waals surface area (Å²) in [6.07, 6.45) is -12.1. The maximum atomic E-state index is 12.2. The molecule has 0 aliphatic rings. The van der Waals surface area contributed by atoms with Crippen molar-refractivity contribution in [3.8, 4) is 0 Å². The number of unbranched alkanes of at least 4 members (excludes halogenated alkanes) is 2. The minimum Gasteiger partial charge on any atom is -0.303 e. The molecule has 0 amide bonds. The van der Waals surface area contributed by atoms with Crippen molar-refractivity contribution < 1.29 is 45.2 Å². The molecule has 0 fully saturated rings. The van der Waals surface area contributed by atoms with Crippen LogP contribution in [-0.2, 0) is 9.09 Å². The van der Waals surface area contributed by atoms with Crippen molar-refractivity contribution in [2.24, 2.45) is 5.92 Å². The van der Waals surface area contributed by atoms with Crippen LogP contribution >= 0.6 is 7.82 Å². The van der Waals surface area contributed by atoms with Gasteiger partial charge in [0, 0.05) is 12.8 Å². The molecule has 0 bridgehead atoms. The van der Waals surface area contributed by atoms with Crippen LogP contribution in [0.2, 0.25) is 0 Å². The fourth-order valence-corrected chi connectivity index (χ4v) is 2.19. The topological polar surface area (TPSA) is 66.8 Å². The van der Waals surface area contributed by atoms with E-state index in [1.165, 1.54) is 0 Å².